The minimum atomic E-state index is -4.48. The highest BCUT2D eigenvalue weighted by Crippen LogP contribution is 2.32. The van der Waals surface area contributed by atoms with E-state index in [2.05, 4.69) is 16.0 Å². The second kappa shape index (κ2) is 14.2. The number of aliphatic hydroxyl groups excluding tert-OH is 1. The lowest BCUT2D eigenvalue weighted by Crippen LogP contribution is -2.50. The molecule has 1 fully saturated rings. The summed E-state index contributed by atoms with van der Waals surface area (Å²) in [6, 6.07) is 7.61. The number of halogens is 3. The van der Waals surface area contributed by atoms with E-state index in [1.54, 1.807) is 30.0 Å². The molecule has 0 radical (unpaired) electrons. The van der Waals surface area contributed by atoms with E-state index in [0.29, 0.717) is 5.69 Å². The van der Waals surface area contributed by atoms with E-state index in [4.69, 9.17) is 4.74 Å². The van der Waals surface area contributed by atoms with Crippen LogP contribution in [-0.2, 0) is 6.18 Å². The van der Waals surface area contributed by atoms with E-state index in [0.717, 1.165) is 44.2 Å². The number of nitrogens with zero attached hydrogens (tertiary/aromatic N) is 2. The average Bonchev–Trinajstić information content (AvgIpc) is 2.99. The molecule has 240 valence electrons. The Balaban J connectivity index is 1.50. The summed E-state index contributed by atoms with van der Waals surface area (Å²) in [6.45, 7) is 3.64. The lowest BCUT2D eigenvalue weighted by atomic mass is 9.96. The number of fused-ring (bicyclic) bond motifs is 1. The minimum Gasteiger partial charge on any atom is -0.487 e. The topological polar surface area (TPSA) is 123 Å². The Hall–Kier alpha value is -4.00. The van der Waals surface area contributed by atoms with Gasteiger partial charge in [0.25, 0.3) is 5.91 Å². The van der Waals surface area contributed by atoms with Crippen molar-refractivity contribution in [2.24, 2.45) is 5.92 Å². The standard InChI is InChI=1S/C31H40F3N5O5/c1-19-16-39(20(2)18-40)28(41)25-15-24(36-29(42)35-22-7-5-4-6-8-22)13-14-26(25)44-27(19)17-38(3)30(43)37-23-11-9-21(10-12-23)31(32,33)34/h9-15,19-20,22,27,40H,4-8,16-18H2,1-3H3,(H,37,43)(H2,35,36,42)/t19-,20+,27+/m1/s1. The van der Waals surface area contributed by atoms with Gasteiger partial charge in [0.05, 0.1) is 30.3 Å². The van der Waals surface area contributed by atoms with Gasteiger partial charge in [0.15, 0.2) is 0 Å². The number of carbonyl (C=O) groups excluding carboxylic acids is 3. The van der Waals surface area contributed by atoms with Gasteiger partial charge >= 0.3 is 18.2 Å². The van der Waals surface area contributed by atoms with Gasteiger partial charge in [-0.25, -0.2) is 9.59 Å². The van der Waals surface area contributed by atoms with Crippen molar-refractivity contribution in [3.05, 3.63) is 53.6 Å². The summed E-state index contributed by atoms with van der Waals surface area (Å²) in [5.74, 6) is -0.380. The van der Waals surface area contributed by atoms with Crippen molar-refractivity contribution in [2.75, 3.05) is 37.4 Å². The van der Waals surface area contributed by atoms with Crippen LogP contribution >= 0.6 is 0 Å². The first-order chi connectivity index (χ1) is 20.8. The number of urea groups is 2. The Morgan fingerprint density at radius 2 is 1.73 bits per heavy atom. The number of amides is 5. The molecule has 3 atom stereocenters. The SMILES string of the molecule is C[C@@H]1CN([C@@H](C)CO)C(=O)c2cc(NC(=O)NC3CCCCC3)ccc2O[C@H]1CN(C)C(=O)Nc1ccc(C(F)(F)F)cc1. The Bertz CT molecular complexity index is 1320. The fraction of sp³-hybridized carbons (Fsp3) is 0.516. The van der Waals surface area contributed by atoms with Gasteiger partial charge in [-0.05, 0) is 62.2 Å². The van der Waals surface area contributed by atoms with Crippen LogP contribution in [0.4, 0.5) is 34.1 Å². The molecule has 4 rings (SSSR count). The lowest BCUT2D eigenvalue weighted by molar-refractivity contribution is -0.137. The number of carbonyl (C=O) groups is 3. The summed E-state index contributed by atoms with van der Waals surface area (Å²) in [4.78, 5) is 42.2. The third kappa shape index (κ3) is 8.34. The fourth-order valence-corrected chi connectivity index (χ4v) is 5.43. The molecule has 2 aromatic carbocycles. The molecule has 2 aliphatic rings. The third-order valence-corrected chi connectivity index (χ3v) is 8.13. The zero-order valence-corrected chi connectivity index (χ0v) is 25.1. The Morgan fingerprint density at radius 1 is 1.07 bits per heavy atom. The van der Waals surface area contributed by atoms with Gasteiger partial charge in [-0.15, -0.1) is 0 Å². The summed E-state index contributed by atoms with van der Waals surface area (Å²) in [5.41, 5.74) is -0.00930. The van der Waals surface area contributed by atoms with Gasteiger partial charge in [-0.3, -0.25) is 4.79 Å². The van der Waals surface area contributed by atoms with Crippen LogP contribution in [0.2, 0.25) is 0 Å². The molecule has 0 spiro atoms. The highest BCUT2D eigenvalue weighted by molar-refractivity contribution is 5.99. The number of ether oxygens (including phenoxy) is 1. The molecule has 1 saturated carbocycles. The van der Waals surface area contributed by atoms with Gasteiger partial charge in [0.2, 0.25) is 0 Å². The number of benzene rings is 2. The number of anilines is 2. The molecule has 10 nitrogen and oxygen atoms in total. The van der Waals surface area contributed by atoms with Crippen LogP contribution in [0.25, 0.3) is 0 Å². The summed E-state index contributed by atoms with van der Waals surface area (Å²) in [7, 11) is 1.53. The number of alkyl halides is 3. The van der Waals surface area contributed by atoms with Crippen molar-refractivity contribution in [3.63, 3.8) is 0 Å². The summed E-state index contributed by atoms with van der Waals surface area (Å²) < 4.78 is 45.0. The van der Waals surface area contributed by atoms with Crippen molar-refractivity contribution < 1.29 is 37.4 Å². The second-order valence-corrected chi connectivity index (χ2v) is 11.7. The lowest BCUT2D eigenvalue weighted by Gasteiger charge is -2.38. The molecule has 1 aliphatic heterocycles. The molecule has 5 amide bonds. The maximum Gasteiger partial charge on any atom is 0.416 e. The Morgan fingerprint density at radius 3 is 2.36 bits per heavy atom. The van der Waals surface area contributed by atoms with Crippen LogP contribution in [0.5, 0.6) is 5.75 Å². The maximum absolute atomic E-state index is 13.7. The van der Waals surface area contributed by atoms with Crippen LogP contribution in [0, 0.1) is 5.92 Å². The van der Waals surface area contributed by atoms with Crippen molar-refractivity contribution in [1.82, 2.24) is 15.1 Å². The molecule has 0 bridgehead atoms. The molecule has 0 saturated heterocycles. The monoisotopic (exact) mass is 619 g/mol. The third-order valence-electron chi connectivity index (χ3n) is 8.13. The Kier molecular flexibility index (Phi) is 10.6. The Labute approximate surface area is 254 Å². The second-order valence-electron chi connectivity index (χ2n) is 11.7. The first kappa shape index (κ1) is 32.9. The quantitative estimate of drug-likeness (QED) is 0.324. The van der Waals surface area contributed by atoms with Crippen molar-refractivity contribution >= 4 is 29.3 Å². The first-order valence-corrected chi connectivity index (χ1v) is 14.8. The van der Waals surface area contributed by atoms with Gasteiger partial charge in [0.1, 0.15) is 11.9 Å². The molecular formula is C31H40F3N5O5. The molecule has 44 heavy (non-hydrogen) atoms. The number of hydrogen-bond acceptors (Lipinski definition) is 5. The largest absolute Gasteiger partial charge is 0.487 e. The van der Waals surface area contributed by atoms with E-state index in [9.17, 15) is 32.7 Å². The minimum absolute atomic E-state index is 0.0897. The van der Waals surface area contributed by atoms with Gasteiger partial charge < -0.3 is 35.6 Å². The highest BCUT2D eigenvalue weighted by Gasteiger charge is 2.34. The molecule has 4 N–H and O–H groups in total. The van der Waals surface area contributed by atoms with E-state index in [1.807, 2.05) is 6.92 Å². The van der Waals surface area contributed by atoms with E-state index in [-0.39, 0.29) is 60.6 Å². The van der Waals surface area contributed by atoms with Crippen molar-refractivity contribution in [2.45, 2.75) is 70.3 Å². The number of aliphatic hydroxyl groups is 1. The molecule has 0 unspecified atom stereocenters. The molecule has 13 heteroatoms. The normalized spacial score (nSPS) is 20.0. The number of likely N-dealkylation sites (N-methyl/N-ethyl adjacent to an activating group) is 1. The zero-order valence-electron chi connectivity index (χ0n) is 25.1. The van der Waals surface area contributed by atoms with Crippen LogP contribution in [0.3, 0.4) is 0 Å². The van der Waals surface area contributed by atoms with E-state index >= 15 is 0 Å². The molecular weight excluding hydrogens is 579 g/mol. The maximum atomic E-state index is 13.7. The molecule has 0 aromatic heterocycles. The highest BCUT2D eigenvalue weighted by atomic mass is 19.4. The van der Waals surface area contributed by atoms with Crippen LogP contribution in [0.15, 0.2) is 42.5 Å². The predicted molar refractivity (Wildman–Crippen MR) is 160 cm³/mol. The molecule has 1 heterocycles. The molecule has 1 aliphatic carbocycles. The molecule has 2 aromatic rings. The fourth-order valence-electron chi connectivity index (χ4n) is 5.43. The smallest absolute Gasteiger partial charge is 0.416 e. The van der Waals surface area contributed by atoms with Crippen LogP contribution in [-0.4, -0.2) is 77.8 Å². The number of nitrogens with one attached hydrogen (secondary N) is 3. The number of hydrogen-bond donors (Lipinski definition) is 4. The van der Waals surface area contributed by atoms with Crippen LogP contribution < -0.4 is 20.7 Å². The van der Waals surface area contributed by atoms with E-state index in [1.165, 1.54) is 24.1 Å². The first-order valence-electron chi connectivity index (χ1n) is 14.8. The average molecular weight is 620 g/mol. The summed E-state index contributed by atoms with van der Waals surface area (Å²) >= 11 is 0. The summed E-state index contributed by atoms with van der Waals surface area (Å²) in [5, 5.41) is 18.3. The van der Waals surface area contributed by atoms with Gasteiger partial charge in [-0.2, -0.15) is 13.2 Å². The van der Waals surface area contributed by atoms with Crippen molar-refractivity contribution in [1.29, 1.82) is 0 Å². The van der Waals surface area contributed by atoms with E-state index < -0.39 is 29.9 Å². The predicted octanol–water partition coefficient (Wildman–Crippen LogP) is 5.54. The summed E-state index contributed by atoms with van der Waals surface area (Å²) in [6.07, 6.45) is 0.0756. The van der Waals surface area contributed by atoms with Crippen LogP contribution in [0.1, 0.15) is 61.9 Å². The number of rotatable bonds is 7. The van der Waals surface area contributed by atoms with Gasteiger partial charge in [-0.1, -0.05) is 26.2 Å². The zero-order chi connectivity index (χ0) is 32.0. The van der Waals surface area contributed by atoms with Crippen molar-refractivity contribution in [3.8, 4) is 5.75 Å². The van der Waals surface area contributed by atoms with Gasteiger partial charge in [0, 0.05) is 36.9 Å².